The monoisotopic (exact) mass is 145 g/mol. The molecule has 0 aliphatic carbocycles. The Morgan fingerprint density at radius 3 is 2.30 bits per heavy atom. The fraction of sp³-hybridized carbons (Fsp3) is 0.500. The molecular formula is C4H7N3O3. The van der Waals surface area contributed by atoms with Crippen molar-refractivity contribution in [2.45, 2.75) is 12.8 Å². The molecule has 6 heteroatoms. The van der Waals surface area contributed by atoms with Gasteiger partial charge in [0.15, 0.2) is 0 Å². The fourth-order valence-electron chi connectivity index (χ4n) is 0.711. The van der Waals surface area contributed by atoms with Crippen molar-refractivity contribution in [2.75, 3.05) is 0 Å². The standard InChI is InChI=1S/C4H7N3O3/c5-6-10-7-3(8)1-2-4(7)9/h6H,1-2,5H2. The van der Waals surface area contributed by atoms with E-state index in [0.29, 0.717) is 5.06 Å². The van der Waals surface area contributed by atoms with Crippen LogP contribution in [0.1, 0.15) is 12.8 Å². The predicted octanol–water partition coefficient (Wildman–Crippen LogP) is -1.55. The van der Waals surface area contributed by atoms with Gasteiger partial charge in [-0.25, -0.2) is 5.84 Å². The smallest absolute Gasteiger partial charge is 0.255 e. The Balaban J connectivity index is 2.54. The summed E-state index contributed by atoms with van der Waals surface area (Å²) in [6, 6.07) is 0. The summed E-state index contributed by atoms with van der Waals surface area (Å²) in [7, 11) is 0. The second kappa shape index (κ2) is 2.74. The number of nitrogens with zero attached hydrogens (tertiary/aromatic N) is 1. The Morgan fingerprint density at radius 2 is 1.90 bits per heavy atom. The fourth-order valence-corrected chi connectivity index (χ4v) is 0.711. The van der Waals surface area contributed by atoms with Crippen molar-refractivity contribution in [2.24, 2.45) is 5.84 Å². The summed E-state index contributed by atoms with van der Waals surface area (Å²) >= 11 is 0. The van der Waals surface area contributed by atoms with Crippen LogP contribution in [-0.2, 0) is 14.5 Å². The summed E-state index contributed by atoms with van der Waals surface area (Å²) in [5.74, 6) is 3.97. The molecule has 0 radical (unpaired) electrons. The van der Waals surface area contributed by atoms with Crippen molar-refractivity contribution in [1.29, 1.82) is 0 Å². The summed E-state index contributed by atoms with van der Waals surface area (Å²) in [5.41, 5.74) is 1.75. The molecular weight excluding hydrogens is 138 g/mol. The van der Waals surface area contributed by atoms with Crippen LogP contribution in [0.25, 0.3) is 0 Å². The minimum atomic E-state index is -0.372. The maximum absolute atomic E-state index is 10.7. The van der Waals surface area contributed by atoms with Crippen molar-refractivity contribution < 1.29 is 14.5 Å². The Kier molecular flexibility index (Phi) is 1.95. The van der Waals surface area contributed by atoms with Crippen LogP contribution < -0.4 is 11.4 Å². The number of imide groups is 1. The summed E-state index contributed by atoms with van der Waals surface area (Å²) in [4.78, 5) is 25.6. The number of amides is 2. The van der Waals surface area contributed by atoms with E-state index in [1.165, 1.54) is 0 Å². The van der Waals surface area contributed by atoms with Gasteiger partial charge in [0.25, 0.3) is 11.8 Å². The number of hydroxylamine groups is 2. The van der Waals surface area contributed by atoms with E-state index in [1.54, 1.807) is 5.59 Å². The van der Waals surface area contributed by atoms with Crippen LogP contribution in [0, 0.1) is 0 Å². The maximum Gasteiger partial charge on any atom is 0.255 e. The molecule has 10 heavy (non-hydrogen) atoms. The first-order chi connectivity index (χ1) is 4.75. The van der Waals surface area contributed by atoms with E-state index in [2.05, 4.69) is 4.94 Å². The number of carbonyl (C=O) groups excluding carboxylic acids is 2. The molecule has 0 unspecified atom stereocenters. The number of nitrogens with one attached hydrogen (secondary N) is 1. The van der Waals surface area contributed by atoms with E-state index >= 15 is 0 Å². The van der Waals surface area contributed by atoms with Crippen LogP contribution in [0.2, 0.25) is 0 Å². The van der Waals surface area contributed by atoms with Gasteiger partial charge in [-0.3, -0.25) is 9.59 Å². The SMILES string of the molecule is NNON1C(=O)CCC1=O. The number of nitrogens with two attached hydrogens (primary N) is 1. The first-order valence-corrected chi connectivity index (χ1v) is 2.74. The minimum Gasteiger partial charge on any atom is -0.272 e. The third kappa shape index (κ3) is 1.13. The normalized spacial score (nSPS) is 18.7. The van der Waals surface area contributed by atoms with Gasteiger partial charge < -0.3 is 0 Å². The molecule has 0 aromatic heterocycles. The topological polar surface area (TPSA) is 84.7 Å². The number of hydrogen-bond acceptors (Lipinski definition) is 5. The lowest BCUT2D eigenvalue weighted by Crippen LogP contribution is -2.38. The van der Waals surface area contributed by atoms with E-state index in [-0.39, 0.29) is 24.7 Å². The van der Waals surface area contributed by atoms with Crippen LogP contribution in [0.3, 0.4) is 0 Å². The molecule has 6 nitrogen and oxygen atoms in total. The van der Waals surface area contributed by atoms with E-state index in [9.17, 15) is 9.59 Å². The van der Waals surface area contributed by atoms with Crippen molar-refractivity contribution in [3.05, 3.63) is 0 Å². The zero-order valence-electron chi connectivity index (χ0n) is 5.16. The van der Waals surface area contributed by atoms with Crippen LogP contribution in [0.5, 0.6) is 0 Å². The summed E-state index contributed by atoms with van der Waals surface area (Å²) in [5, 5.41) is 0.611. The molecule has 1 fully saturated rings. The lowest BCUT2D eigenvalue weighted by atomic mass is 10.4. The van der Waals surface area contributed by atoms with Gasteiger partial charge >= 0.3 is 0 Å². The van der Waals surface area contributed by atoms with Crippen LogP contribution in [0.15, 0.2) is 0 Å². The highest BCUT2D eigenvalue weighted by atomic mass is 16.8. The summed E-state index contributed by atoms with van der Waals surface area (Å²) in [6.45, 7) is 0. The van der Waals surface area contributed by atoms with Gasteiger partial charge in [0.2, 0.25) is 0 Å². The van der Waals surface area contributed by atoms with Crippen LogP contribution in [-0.4, -0.2) is 16.9 Å². The molecule has 0 aromatic rings. The average Bonchev–Trinajstić information content (AvgIpc) is 2.20. The molecule has 1 heterocycles. The molecule has 1 saturated heterocycles. The quantitative estimate of drug-likeness (QED) is 0.279. The second-order valence-corrected chi connectivity index (χ2v) is 1.79. The number of carbonyl (C=O) groups is 2. The third-order valence-corrected chi connectivity index (χ3v) is 1.15. The Morgan fingerprint density at radius 1 is 1.40 bits per heavy atom. The van der Waals surface area contributed by atoms with E-state index in [4.69, 9.17) is 5.84 Å². The van der Waals surface area contributed by atoms with Gasteiger partial charge in [-0.2, -0.15) is 4.94 Å². The lowest BCUT2D eigenvalue weighted by Gasteiger charge is -2.09. The van der Waals surface area contributed by atoms with Gasteiger partial charge in [0.1, 0.15) is 0 Å². The molecule has 0 atom stereocenters. The van der Waals surface area contributed by atoms with Crippen molar-refractivity contribution in [1.82, 2.24) is 10.7 Å². The van der Waals surface area contributed by atoms with Crippen LogP contribution >= 0.6 is 0 Å². The highest BCUT2D eigenvalue weighted by Crippen LogP contribution is 2.09. The number of rotatable bonds is 2. The van der Waals surface area contributed by atoms with Gasteiger partial charge in [0.05, 0.1) is 0 Å². The molecule has 1 aliphatic rings. The van der Waals surface area contributed by atoms with Gasteiger partial charge in [-0.15, -0.1) is 10.7 Å². The number of hydrazine groups is 1. The molecule has 2 amide bonds. The van der Waals surface area contributed by atoms with Gasteiger partial charge in [-0.05, 0) is 0 Å². The summed E-state index contributed by atoms with van der Waals surface area (Å²) in [6.07, 6.45) is 0.390. The largest absolute Gasteiger partial charge is 0.272 e. The second-order valence-electron chi connectivity index (χ2n) is 1.79. The van der Waals surface area contributed by atoms with Crippen LogP contribution in [0.4, 0.5) is 0 Å². The van der Waals surface area contributed by atoms with Crippen molar-refractivity contribution in [3.8, 4) is 0 Å². The first-order valence-electron chi connectivity index (χ1n) is 2.74. The first kappa shape index (κ1) is 7.13. The highest BCUT2D eigenvalue weighted by molar-refractivity contribution is 6.00. The Hall–Kier alpha value is -0.980. The zero-order valence-corrected chi connectivity index (χ0v) is 5.16. The highest BCUT2D eigenvalue weighted by Gasteiger charge is 2.30. The Labute approximate surface area is 56.8 Å². The molecule has 0 aromatic carbocycles. The molecule has 56 valence electrons. The van der Waals surface area contributed by atoms with E-state index in [0.717, 1.165) is 0 Å². The zero-order chi connectivity index (χ0) is 7.56. The molecule has 1 aliphatic heterocycles. The van der Waals surface area contributed by atoms with E-state index in [1.807, 2.05) is 0 Å². The minimum absolute atomic E-state index is 0.195. The molecule has 0 saturated carbocycles. The maximum atomic E-state index is 10.7. The van der Waals surface area contributed by atoms with Crippen molar-refractivity contribution in [3.63, 3.8) is 0 Å². The third-order valence-electron chi connectivity index (χ3n) is 1.15. The Bertz CT molecular complexity index is 153. The van der Waals surface area contributed by atoms with Gasteiger partial charge in [-0.1, -0.05) is 0 Å². The molecule has 1 rings (SSSR count). The average molecular weight is 145 g/mol. The lowest BCUT2D eigenvalue weighted by molar-refractivity contribution is -0.209. The van der Waals surface area contributed by atoms with E-state index < -0.39 is 0 Å². The summed E-state index contributed by atoms with van der Waals surface area (Å²) < 4.78 is 0. The molecule has 0 spiro atoms. The molecule has 0 bridgehead atoms. The molecule has 3 N–H and O–H groups in total. The predicted molar refractivity (Wildman–Crippen MR) is 29.5 cm³/mol. The van der Waals surface area contributed by atoms with Crippen molar-refractivity contribution >= 4 is 11.8 Å². The van der Waals surface area contributed by atoms with Gasteiger partial charge in [0, 0.05) is 12.8 Å². The number of hydrogen-bond donors (Lipinski definition) is 2.